The first-order valence-corrected chi connectivity index (χ1v) is 4.72. The Morgan fingerprint density at radius 2 is 2.12 bits per heavy atom. The average Bonchev–Trinajstić information content (AvgIpc) is 2.05. The van der Waals surface area contributed by atoms with Gasteiger partial charge in [0.15, 0.2) is 0 Å². The number of aromatic nitrogens is 1. The van der Waals surface area contributed by atoms with E-state index in [1.54, 1.807) is 12.3 Å². The monoisotopic (exact) mass is 391 g/mol. The van der Waals surface area contributed by atoms with Gasteiger partial charge in [0.1, 0.15) is 5.60 Å². The van der Waals surface area contributed by atoms with Gasteiger partial charge in [-0.3, -0.25) is 0 Å². The standard InChI is InChI=1S/C11H15N2O2.W/c1-8-6-5-7-12-9(8)13-10(14)15-11(2,3)4;/h5,7H,1-4H3,(H,12,13,14);/q-1;. The molecule has 1 amide bonds. The number of amides is 1. The van der Waals surface area contributed by atoms with Crippen LogP contribution in [0.4, 0.5) is 10.6 Å². The van der Waals surface area contributed by atoms with Gasteiger partial charge in [0.2, 0.25) is 0 Å². The zero-order chi connectivity index (χ0) is 11.5. The van der Waals surface area contributed by atoms with Crippen LogP contribution in [0.1, 0.15) is 26.3 Å². The number of ether oxygens (including phenoxy) is 1. The molecule has 0 fully saturated rings. The third-order valence-corrected chi connectivity index (χ3v) is 1.55. The summed E-state index contributed by atoms with van der Waals surface area (Å²) in [5.74, 6) is 0.478. The van der Waals surface area contributed by atoms with Crippen LogP contribution in [0.5, 0.6) is 0 Å². The number of anilines is 1. The maximum absolute atomic E-state index is 11.4. The molecule has 0 atom stereocenters. The number of rotatable bonds is 1. The molecule has 5 heteroatoms. The van der Waals surface area contributed by atoms with Crippen LogP contribution in [-0.4, -0.2) is 16.7 Å². The summed E-state index contributed by atoms with van der Waals surface area (Å²) < 4.78 is 5.09. The summed E-state index contributed by atoms with van der Waals surface area (Å²) in [6, 6.07) is 4.63. The summed E-state index contributed by atoms with van der Waals surface area (Å²) >= 11 is 0. The molecule has 0 radical (unpaired) electrons. The normalized spacial score (nSPS) is 10.2. The number of nitrogens with zero attached hydrogens (tertiary/aromatic N) is 1. The average molecular weight is 391 g/mol. The quantitative estimate of drug-likeness (QED) is 0.749. The Morgan fingerprint density at radius 1 is 1.50 bits per heavy atom. The third kappa shape index (κ3) is 5.26. The minimum absolute atomic E-state index is 0. The molecule has 0 aliphatic heterocycles. The van der Waals surface area contributed by atoms with Gasteiger partial charge < -0.3 is 15.0 Å². The number of hydrogen-bond donors (Lipinski definition) is 1. The van der Waals surface area contributed by atoms with E-state index in [1.165, 1.54) is 0 Å². The molecule has 16 heavy (non-hydrogen) atoms. The predicted octanol–water partition coefficient (Wildman–Crippen LogP) is 2.53. The summed E-state index contributed by atoms with van der Waals surface area (Å²) in [5.41, 5.74) is 0.277. The van der Waals surface area contributed by atoms with Crippen LogP contribution < -0.4 is 5.32 Å². The second kappa shape index (κ2) is 6.00. The molecule has 0 saturated heterocycles. The Labute approximate surface area is 110 Å². The van der Waals surface area contributed by atoms with E-state index in [2.05, 4.69) is 16.4 Å². The molecular weight excluding hydrogens is 376 g/mol. The number of hydrogen-bond acceptors (Lipinski definition) is 3. The molecule has 0 saturated carbocycles. The Morgan fingerprint density at radius 3 is 2.62 bits per heavy atom. The van der Waals surface area contributed by atoms with E-state index in [0.29, 0.717) is 5.82 Å². The van der Waals surface area contributed by atoms with Gasteiger partial charge in [-0.25, -0.2) is 4.79 Å². The molecule has 1 rings (SSSR count). The molecule has 0 bridgehead atoms. The van der Waals surface area contributed by atoms with Gasteiger partial charge in [-0.15, -0.1) is 5.56 Å². The summed E-state index contributed by atoms with van der Waals surface area (Å²) in [6.45, 7) is 7.25. The molecule has 0 aromatic carbocycles. The Bertz CT molecular complexity index is 361. The number of pyridine rings is 1. The molecule has 1 heterocycles. The molecular formula is C11H15N2O2W-. The van der Waals surface area contributed by atoms with Crippen LogP contribution in [0.25, 0.3) is 0 Å². The van der Waals surface area contributed by atoms with Crippen molar-refractivity contribution in [3.05, 3.63) is 23.9 Å². The van der Waals surface area contributed by atoms with E-state index in [9.17, 15) is 4.79 Å². The third-order valence-electron chi connectivity index (χ3n) is 1.55. The predicted molar refractivity (Wildman–Crippen MR) is 57.7 cm³/mol. The van der Waals surface area contributed by atoms with Crippen molar-refractivity contribution in [2.75, 3.05) is 5.32 Å². The number of carbonyl (C=O) groups is 1. The smallest absolute Gasteiger partial charge is 0.402 e. The van der Waals surface area contributed by atoms with Crippen molar-refractivity contribution in [1.82, 2.24) is 4.98 Å². The maximum atomic E-state index is 11.4. The molecule has 1 aromatic heterocycles. The second-order valence-corrected chi connectivity index (χ2v) is 4.19. The Hall–Kier alpha value is -0.892. The van der Waals surface area contributed by atoms with Crippen molar-refractivity contribution in [3.8, 4) is 0 Å². The van der Waals surface area contributed by atoms with E-state index in [-0.39, 0.29) is 21.1 Å². The van der Waals surface area contributed by atoms with Crippen molar-refractivity contribution in [1.29, 1.82) is 0 Å². The van der Waals surface area contributed by atoms with Gasteiger partial charge in [0.05, 0.1) is 0 Å². The Balaban J connectivity index is 0.00000225. The van der Waals surface area contributed by atoms with Crippen LogP contribution in [0.15, 0.2) is 12.3 Å². The number of carbonyl (C=O) groups excluding carboxylic acids is 1. The van der Waals surface area contributed by atoms with Gasteiger partial charge >= 0.3 is 6.09 Å². The van der Waals surface area contributed by atoms with Crippen LogP contribution >= 0.6 is 0 Å². The van der Waals surface area contributed by atoms with E-state index in [0.717, 1.165) is 5.56 Å². The molecule has 0 aliphatic rings. The zero-order valence-electron chi connectivity index (χ0n) is 9.83. The van der Waals surface area contributed by atoms with Crippen molar-refractivity contribution < 1.29 is 30.6 Å². The first-order valence-electron chi connectivity index (χ1n) is 4.72. The van der Waals surface area contributed by atoms with Crippen molar-refractivity contribution in [2.45, 2.75) is 33.3 Å². The first-order chi connectivity index (χ1) is 6.88. The van der Waals surface area contributed by atoms with Crippen LogP contribution in [-0.2, 0) is 25.8 Å². The summed E-state index contributed by atoms with van der Waals surface area (Å²) in [5, 5.41) is 2.56. The SMILES string of the molecule is Cc1[c-]ccnc1NC(=O)OC(C)(C)C.[W]. The van der Waals surface area contributed by atoms with Crippen LogP contribution in [0.3, 0.4) is 0 Å². The molecule has 1 aromatic rings. The van der Waals surface area contributed by atoms with E-state index < -0.39 is 11.7 Å². The molecule has 0 unspecified atom stereocenters. The minimum atomic E-state index is -0.503. The van der Waals surface area contributed by atoms with Gasteiger partial charge in [-0.05, 0) is 20.8 Å². The minimum Gasteiger partial charge on any atom is -0.444 e. The number of nitrogens with one attached hydrogen (secondary N) is 1. The number of aryl methyl sites for hydroxylation is 1. The van der Waals surface area contributed by atoms with Crippen LogP contribution in [0.2, 0.25) is 0 Å². The maximum Gasteiger partial charge on any atom is 0.402 e. The van der Waals surface area contributed by atoms with Crippen molar-refractivity contribution in [2.24, 2.45) is 0 Å². The molecule has 88 valence electrons. The van der Waals surface area contributed by atoms with Crippen molar-refractivity contribution >= 4 is 11.9 Å². The Kier molecular flexibility index (Phi) is 5.66. The molecule has 4 nitrogen and oxygen atoms in total. The fraction of sp³-hybridized carbons (Fsp3) is 0.455. The zero-order valence-corrected chi connectivity index (χ0v) is 12.8. The van der Waals surface area contributed by atoms with Crippen molar-refractivity contribution in [3.63, 3.8) is 0 Å². The summed E-state index contributed by atoms with van der Waals surface area (Å²) in [6.07, 6.45) is 1.07. The largest absolute Gasteiger partial charge is 0.444 e. The molecule has 0 spiro atoms. The molecule has 0 aliphatic carbocycles. The fourth-order valence-electron chi connectivity index (χ4n) is 0.966. The van der Waals surface area contributed by atoms with Gasteiger partial charge in [-0.1, -0.05) is 13.1 Å². The van der Waals surface area contributed by atoms with Gasteiger partial charge in [0.25, 0.3) is 0 Å². The summed E-state index contributed by atoms with van der Waals surface area (Å²) in [7, 11) is 0. The van der Waals surface area contributed by atoms with E-state index >= 15 is 0 Å². The molecule has 1 N–H and O–H groups in total. The van der Waals surface area contributed by atoms with E-state index in [4.69, 9.17) is 4.74 Å². The first kappa shape index (κ1) is 15.1. The van der Waals surface area contributed by atoms with Gasteiger partial charge in [-0.2, -0.15) is 12.1 Å². The fourth-order valence-corrected chi connectivity index (χ4v) is 0.966. The van der Waals surface area contributed by atoms with E-state index in [1.807, 2.05) is 27.7 Å². The second-order valence-electron chi connectivity index (χ2n) is 4.19. The summed E-state index contributed by atoms with van der Waals surface area (Å²) in [4.78, 5) is 15.4. The van der Waals surface area contributed by atoms with Gasteiger partial charge in [0, 0.05) is 26.9 Å². The van der Waals surface area contributed by atoms with Crippen LogP contribution in [0, 0.1) is 13.0 Å². The topological polar surface area (TPSA) is 51.2 Å².